The van der Waals surface area contributed by atoms with E-state index in [9.17, 15) is 9.59 Å². The first-order valence-corrected chi connectivity index (χ1v) is 6.76. The molecule has 1 fully saturated rings. The number of likely N-dealkylation sites (tertiary alicyclic amines) is 1. The molecule has 0 aliphatic carbocycles. The summed E-state index contributed by atoms with van der Waals surface area (Å²) < 4.78 is 0. The minimum absolute atomic E-state index is 0.139. The van der Waals surface area contributed by atoms with Crippen LogP contribution in [0.2, 0.25) is 0 Å². The zero-order valence-corrected chi connectivity index (χ0v) is 11.6. The summed E-state index contributed by atoms with van der Waals surface area (Å²) in [4.78, 5) is 27.0. The lowest BCUT2D eigenvalue weighted by Crippen LogP contribution is -2.50. The first-order valence-electron chi connectivity index (χ1n) is 6.76. The van der Waals surface area contributed by atoms with E-state index in [0.717, 1.165) is 13.1 Å². The molecule has 1 saturated heterocycles. The molecule has 1 aliphatic heterocycles. The summed E-state index contributed by atoms with van der Waals surface area (Å²) in [6, 6.07) is -0.139. The first-order chi connectivity index (χ1) is 8.51. The highest BCUT2D eigenvalue weighted by Crippen LogP contribution is 2.19. The maximum atomic E-state index is 12.2. The molecule has 1 atom stereocenters. The summed E-state index contributed by atoms with van der Waals surface area (Å²) in [5.74, 6) is -0.803. The summed E-state index contributed by atoms with van der Waals surface area (Å²) in [6.07, 6.45) is 1.29. The van der Waals surface area contributed by atoms with E-state index in [1.165, 1.54) is 0 Å². The largest absolute Gasteiger partial charge is 0.481 e. The van der Waals surface area contributed by atoms with Crippen LogP contribution in [0.25, 0.3) is 0 Å². The molecule has 0 aromatic heterocycles. The van der Waals surface area contributed by atoms with Crippen molar-refractivity contribution in [2.45, 2.75) is 39.7 Å². The van der Waals surface area contributed by atoms with Gasteiger partial charge in [-0.25, -0.2) is 0 Å². The van der Waals surface area contributed by atoms with E-state index in [2.05, 4.69) is 4.90 Å². The van der Waals surface area contributed by atoms with Crippen molar-refractivity contribution in [2.24, 2.45) is 5.92 Å². The average molecular weight is 256 g/mol. The Morgan fingerprint density at radius 3 is 2.17 bits per heavy atom. The number of carbonyl (C=O) groups is 2. The number of carboxylic acids is 1. The van der Waals surface area contributed by atoms with Crippen LogP contribution in [0.15, 0.2) is 0 Å². The molecule has 0 aromatic carbocycles. The molecule has 0 bridgehead atoms. The molecule has 0 saturated carbocycles. The lowest BCUT2D eigenvalue weighted by atomic mass is 9.96. The minimum Gasteiger partial charge on any atom is -0.481 e. The lowest BCUT2D eigenvalue weighted by Gasteiger charge is -2.36. The van der Waals surface area contributed by atoms with Gasteiger partial charge < -0.3 is 10.0 Å². The van der Waals surface area contributed by atoms with Gasteiger partial charge in [0, 0.05) is 13.1 Å². The fraction of sp³-hybridized carbons (Fsp3) is 0.846. The molecule has 1 rings (SSSR count). The molecule has 1 amide bonds. The van der Waals surface area contributed by atoms with Crippen molar-refractivity contribution < 1.29 is 14.7 Å². The van der Waals surface area contributed by atoms with Gasteiger partial charge in [-0.3, -0.25) is 14.5 Å². The number of aliphatic carboxylic acids is 1. The van der Waals surface area contributed by atoms with Gasteiger partial charge in [-0.1, -0.05) is 0 Å². The first kappa shape index (κ1) is 15.0. The maximum absolute atomic E-state index is 12.2. The summed E-state index contributed by atoms with van der Waals surface area (Å²) >= 11 is 0. The standard InChI is InChI=1S/C13H24N2O3/c1-4-14(5-2)12(16)10(3)15-8-6-11(7-9-15)13(17)18/h10-11H,4-9H2,1-3H3,(H,17,18). The van der Waals surface area contributed by atoms with Crippen molar-refractivity contribution in [3.8, 4) is 0 Å². The van der Waals surface area contributed by atoms with Crippen molar-refractivity contribution in [3.05, 3.63) is 0 Å². The molecule has 0 aromatic rings. The lowest BCUT2D eigenvalue weighted by molar-refractivity contribution is -0.144. The number of amides is 1. The Bertz CT molecular complexity index is 295. The van der Waals surface area contributed by atoms with Gasteiger partial charge in [0.2, 0.25) is 5.91 Å². The quantitative estimate of drug-likeness (QED) is 0.798. The highest BCUT2D eigenvalue weighted by molar-refractivity contribution is 5.81. The second kappa shape index (κ2) is 6.73. The second-order valence-electron chi connectivity index (χ2n) is 4.83. The summed E-state index contributed by atoms with van der Waals surface area (Å²) in [6.45, 7) is 8.73. The van der Waals surface area contributed by atoms with Crippen LogP contribution in [-0.2, 0) is 9.59 Å². The third-order valence-corrected chi connectivity index (χ3v) is 3.86. The normalized spacial score (nSPS) is 19.5. The summed E-state index contributed by atoms with van der Waals surface area (Å²) in [5.41, 5.74) is 0. The van der Waals surface area contributed by atoms with E-state index < -0.39 is 5.97 Å². The van der Waals surface area contributed by atoms with Gasteiger partial charge in [0.15, 0.2) is 0 Å². The molecule has 18 heavy (non-hydrogen) atoms. The molecular formula is C13H24N2O3. The monoisotopic (exact) mass is 256 g/mol. The van der Waals surface area contributed by atoms with Crippen LogP contribution >= 0.6 is 0 Å². The molecular weight excluding hydrogens is 232 g/mol. The fourth-order valence-electron chi connectivity index (χ4n) is 2.49. The van der Waals surface area contributed by atoms with Crippen molar-refractivity contribution in [1.29, 1.82) is 0 Å². The van der Waals surface area contributed by atoms with Crippen molar-refractivity contribution in [2.75, 3.05) is 26.2 Å². The van der Waals surface area contributed by atoms with Gasteiger partial charge >= 0.3 is 5.97 Å². The van der Waals surface area contributed by atoms with Crippen LogP contribution < -0.4 is 0 Å². The maximum Gasteiger partial charge on any atom is 0.306 e. The van der Waals surface area contributed by atoms with Crippen molar-refractivity contribution in [1.82, 2.24) is 9.80 Å². The average Bonchev–Trinajstić information content (AvgIpc) is 2.39. The van der Waals surface area contributed by atoms with Gasteiger partial charge in [-0.05, 0) is 46.7 Å². The zero-order chi connectivity index (χ0) is 13.7. The highest BCUT2D eigenvalue weighted by atomic mass is 16.4. The minimum atomic E-state index is -0.711. The predicted molar refractivity (Wildman–Crippen MR) is 69.3 cm³/mol. The second-order valence-corrected chi connectivity index (χ2v) is 4.83. The predicted octanol–water partition coefficient (Wildman–Crippen LogP) is 1.04. The molecule has 5 nitrogen and oxygen atoms in total. The van der Waals surface area contributed by atoms with E-state index >= 15 is 0 Å². The van der Waals surface area contributed by atoms with Crippen molar-refractivity contribution >= 4 is 11.9 Å². The van der Waals surface area contributed by atoms with E-state index in [0.29, 0.717) is 25.9 Å². The van der Waals surface area contributed by atoms with Gasteiger partial charge in [0.1, 0.15) is 0 Å². The molecule has 5 heteroatoms. The summed E-state index contributed by atoms with van der Waals surface area (Å²) in [5, 5.41) is 8.94. The van der Waals surface area contributed by atoms with Crippen molar-refractivity contribution in [3.63, 3.8) is 0 Å². The molecule has 1 N–H and O–H groups in total. The molecule has 1 heterocycles. The molecule has 1 unspecified atom stereocenters. The Morgan fingerprint density at radius 2 is 1.78 bits per heavy atom. The Kier molecular flexibility index (Phi) is 5.59. The molecule has 0 radical (unpaired) electrons. The Balaban J connectivity index is 2.51. The third kappa shape index (κ3) is 3.45. The van der Waals surface area contributed by atoms with Crippen LogP contribution in [0, 0.1) is 5.92 Å². The number of likely N-dealkylation sites (N-methyl/N-ethyl adjacent to an activating group) is 1. The Labute approximate surface area is 109 Å². The van der Waals surface area contributed by atoms with Gasteiger partial charge in [-0.2, -0.15) is 0 Å². The van der Waals surface area contributed by atoms with Crippen LogP contribution in [0.4, 0.5) is 0 Å². The van der Waals surface area contributed by atoms with Crippen LogP contribution in [0.3, 0.4) is 0 Å². The topological polar surface area (TPSA) is 60.9 Å². The smallest absolute Gasteiger partial charge is 0.306 e. The van der Waals surface area contributed by atoms with E-state index in [1.54, 1.807) is 0 Å². The number of hydrogen-bond donors (Lipinski definition) is 1. The van der Waals surface area contributed by atoms with Gasteiger partial charge in [0.05, 0.1) is 12.0 Å². The zero-order valence-electron chi connectivity index (χ0n) is 11.6. The highest BCUT2D eigenvalue weighted by Gasteiger charge is 2.30. The van der Waals surface area contributed by atoms with E-state index in [1.807, 2.05) is 25.7 Å². The van der Waals surface area contributed by atoms with E-state index in [4.69, 9.17) is 5.11 Å². The summed E-state index contributed by atoms with van der Waals surface area (Å²) in [7, 11) is 0. The number of rotatable bonds is 5. The van der Waals surface area contributed by atoms with Crippen LogP contribution in [0.1, 0.15) is 33.6 Å². The molecule has 0 spiro atoms. The van der Waals surface area contributed by atoms with Gasteiger partial charge in [0.25, 0.3) is 0 Å². The number of carboxylic acid groups (broad SMARTS) is 1. The number of hydrogen-bond acceptors (Lipinski definition) is 3. The van der Waals surface area contributed by atoms with Crippen LogP contribution in [-0.4, -0.2) is 59.0 Å². The third-order valence-electron chi connectivity index (χ3n) is 3.86. The Hall–Kier alpha value is -1.10. The molecule has 104 valence electrons. The van der Waals surface area contributed by atoms with Crippen LogP contribution in [0.5, 0.6) is 0 Å². The van der Waals surface area contributed by atoms with Gasteiger partial charge in [-0.15, -0.1) is 0 Å². The number of piperidine rings is 1. The molecule has 1 aliphatic rings. The van der Waals surface area contributed by atoms with E-state index in [-0.39, 0.29) is 17.9 Å². The Morgan fingerprint density at radius 1 is 1.28 bits per heavy atom. The SMILES string of the molecule is CCN(CC)C(=O)C(C)N1CCC(C(=O)O)CC1. The fourth-order valence-corrected chi connectivity index (χ4v) is 2.49. The number of nitrogens with zero attached hydrogens (tertiary/aromatic N) is 2. The number of carbonyl (C=O) groups excluding carboxylic acids is 1.